The highest BCUT2D eigenvalue weighted by molar-refractivity contribution is 7.11. The van der Waals surface area contributed by atoms with Gasteiger partial charge in [-0.05, 0) is 20.8 Å². The zero-order valence-electron chi connectivity index (χ0n) is 10.7. The van der Waals surface area contributed by atoms with Crippen LogP contribution in [-0.2, 0) is 10.2 Å². The Morgan fingerprint density at radius 1 is 1.25 bits per heavy atom. The largest absolute Gasteiger partial charge is 0.455 e. The molecule has 0 saturated heterocycles. The second-order valence-electron chi connectivity index (χ2n) is 5.79. The van der Waals surface area contributed by atoms with Gasteiger partial charge in [-0.15, -0.1) is 11.3 Å². The fourth-order valence-corrected chi connectivity index (χ4v) is 1.95. The number of hydrogen-bond donors (Lipinski definition) is 0. The third kappa shape index (κ3) is 3.59. The molecule has 1 aromatic heterocycles. The number of nitrogens with zero attached hydrogens (tertiary/aromatic N) is 1. The summed E-state index contributed by atoms with van der Waals surface area (Å²) in [7, 11) is 0. The topological polar surface area (TPSA) is 39.2 Å². The first-order valence-corrected chi connectivity index (χ1v) is 6.17. The van der Waals surface area contributed by atoms with Crippen LogP contribution < -0.4 is 0 Å². The van der Waals surface area contributed by atoms with Gasteiger partial charge in [-0.3, -0.25) is 0 Å². The minimum Gasteiger partial charge on any atom is -0.455 e. The van der Waals surface area contributed by atoms with Gasteiger partial charge in [-0.2, -0.15) is 0 Å². The van der Waals surface area contributed by atoms with Crippen molar-refractivity contribution in [1.29, 1.82) is 0 Å². The Bertz CT molecular complexity index is 382. The summed E-state index contributed by atoms with van der Waals surface area (Å²) in [6, 6.07) is 0. The third-order valence-electron chi connectivity index (χ3n) is 1.85. The number of carbonyl (C=O) groups excluding carboxylic acids is 1. The fraction of sp³-hybridized carbons (Fsp3) is 0.667. The van der Waals surface area contributed by atoms with Crippen LogP contribution in [0, 0.1) is 0 Å². The smallest absolute Gasteiger partial charge is 0.367 e. The number of hydrogen-bond acceptors (Lipinski definition) is 4. The molecule has 0 unspecified atom stereocenters. The Morgan fingerprint density at radius 3 is 2.19 bits per heavy atom. The lowest BCUT2D eigenvalue weighted by molar-refractivity contribution is 0.00689. The van der Waals surface area contributed by atoms with Crippen LogP contribution in [0.3, 0.4) is 0 Å². The quantitative estimate of drug-likeness (QED) is 0.707. The van der Waals surface area contributed by atoms with Crippen molar-refractivity contribution in [2.75, 3.05) is 0 Å². The molecule has 0 aliphatic carbocycles. The minimum absolute atomic E-state index is 0.0310. The summed E-state index contributed by atoms with van der Waals surface area (Å²) in [5.74, 6) is -0.340. The van der Waals surface area contributed by atoms with Crippen molar-refractivity contribution in [3.63, 3.8) is 0 Å². The lowest BCUT2D eigenvalue weighted by Crippen LogP contribution is -2.24. The fourth-order valence-electron chi connectivity index (χ4n) is 1.03. The molecule has 0 aliphatic heterocycles. The van der Waals surface area contributed by atoms with Gasteiger partial charge in [0.05, 0.1) is 5.69 Å². The molecule has 16 heavy (non-hydrogen) atoms. The van der Waals surface area contributed by atoms with E-state index in [0.29, 0.717) is 5.01 Å². The van der Waals surface area contributed by atoms with E-state index in [-0.39, 0.29) is 11.4 Å². The summed E-state index contributed by atoms with van der Waals surface area (Å²) in [4.78, 5) is 16.0. The number of carbonyl (C=O) groups is 1. The lowest BCUT2D eigenvalue weighted by Gasteiger charge is -2.18. The highest BCUT2D eigenvalue weighted by Gasteiger charge is 2.23. The Labute approximate surface area is 101 Å². The van der Waals surface area contributed by atoms with Crippen LogP contribution in [0.4, 0.5) is 0 Å². The molecule has 4 heteroatoms. The van der Waals surface area contributed by atoms with E-state index in [9.17, 15) is 4.79 Å². The van der Waals surface area contributed by atoms with Gasteiger partial charge in [-0.1, -0.05) is 20.8 Å². The third-order valence-corrected chi connectivity index (χ3v) is 2.67. The number of thiazole rings is 1. The average Bonchev–Trinajstić information content (AvgIpc) is 2.46. The SMILES string of the molecule is CC(C)(C)OC(=O)c1nc(C(C)(C)C)cs1. The summed E-state index contributed by atoms with van der Waals surface area (Å²) in [5, 5.41) is 2.35. The van der Waals surface area contributed by atoms with E-state index in [0.717, 1.165) is 5.69 Å². The molecule has 0 aliphatic rings. The molecule has 90 valence electrons. The van der Waals surface area contributed by atoms with E-state index in [1.54, 1.807) is 0 Å². The zero-order chi connectivity index (χ0) is 12.6. The number of aromatic nitrogens is 1. The van der Waals surface area contributed by atoms with Crippen molar-refractivity contribution in [3.05, 3.63) is 16.1 Å². The molecule has 0 spiro atoms. The lowest BCUT2D eigenvalue weighted by atomic mass is 9.93. The van der Waals surface area contributed by atoms with Crippen molar-refractivity contribution in [1.82, 2.24) is 4.98 Å². The Kier molecular flexibility index (Phi) is 3.43. The summed E-state index contributed by atoms with van der Waals surface area (Å²) in [6.07, 6.45) is 0. The molecule has 0 atom stereocenters. The van der Waals surface area contributed by atoms with Crippen LogP contribution in [0.5, 0.6) is 0 Å². The standard InChI is InChI=1S/C12H19NO2S/c1-11(2,3)8-7-16-9(13-8)10(14)15-12(4,5)6/h7H,1-6H3. The van der Waals surface area contributed by atoms with E-state index in [4.69, 9.17) is 4.74 Å². The van der Waals surface area contributed by atoms with Crippen molar-refractivity contribution >= 4 is 17.3 Å². The van der Waals surface area contributed by atoms with Crippen molar-refractivity contribution in [2.45, 2.75) is 52.6 Å². The van der Waals surface area contributed by atoms with Gasteiger partial charge in [0.1, 0.15) is 5.60 Å². The molecule has 0 saturated carbocycles. The highest BCUT2D eigenvalue weighted by atomic mass is 32.1. The van der Waals surface area contributed by atoms with Crippen molar-refractivity contribution in [3.8, 4) is 0 Å². The minimum atomic E-state index is -0.468. The van der Waals surface area contributed by atoms with Crippen LogP contribution in [0.15, 0.2) is 5.38 Å². The maximum absolute atomic E-state index is 11.7. The van der Waals surface area contributed by atoms with E-state index in [1.165, 1.54) is 11.3 Å². The Hall–Kier alpha value is -0.900. The van der Waals surface area contributed by atoms with Gasteiger partial charge in [0.15, 0.2) is 0 Å². The van der Waals surface area contributed by atoms with E-state index >= 15 is 0 Å². The van der Waals surface area contributed by atoms with Crippen molar-refractivity contribution in [2.24, 2.45) is 0 Å². The van der Waals surface area contributed by atoms with E-state index in [1.807, 2.05) is 26.2 Å². The second-order valence-corrected chi connectivity index (χ2v) is 6.65. The van der Waals surface area contributed by atoms with Crippen LogP contribution in [0.2, 0.25) is 0 Å². The zero-order valence-corrected chi connectivity index (χ0v) is 11.6. The summed E-state index contributed by atoms with van der Waals surface area (Å²) in [6.45, 7) is 11.8. The molecular weight excluding hydrogens is 222 g/mol. The molecule has 0 bridgehead atoms. The number of ether oxygens (including phenoxy) is 1. The molecule has 1 heterocycles. The molecule has 1 aromatic rings. The molecule has 0 fully saturated rings. The second kappa shape index (κ2) is 4.17. The van der Waals surface area contributed by atoms with E-state index < -0.39 is 5.60 Å². The molecule has 0 amide bonds. The van der Waals surface area contributed by atoms with Gasteiger partial charge in [-0.25, -0.2) is 9.78 Å². The normalized spacial score (nSPS) is 12.6. The van der Waals surface area contributed by atoms with Crippen LogP contribution >= 0.6 is 11.3 Å². The van der Waals surface area contributed by atoms with Gasteiger partial charge < -0.3 is 4.74 Å². The predicted molar refractivity (Wildman–Crippen MR) is 66.0 cm³/mol. The molecule has 3 nitrogen and oxygen atoms in total. The van der Waals surface area contributed by atoms with Gasteiger partial charge in [0.2, 0.25) is 5.01 Å². The Morgan fingerprint density at radius 2 is 1.81 bits per heavy atom. The summed E-state index contributed by atoms with van der Waals surface area (Å²) >= 11 is 1.34. The molecular formula is C12H19NO2S. The van der Waals surface area contributed by atoms with Crippen LogP contribution in [-0.4, -0.2) is 16.6 Å². The van der Waals surface area contributed by atoms with Crippen LogP contribution in [0.25, 0.3) is 0 Å². The van der Waals surface area contributed by atoms with Gasteiger partial charge in [0, 0.05) is 10.8 Å². The predicted octanol–water partition coefficient (Wildman–Crippen LogP) is 3.40. The monoisotopic (exact) mass is 241 g/mol. The summed E-state index contributed by atoms with van der Waals surface area (Å²) in [5.41, 5.74) is 0.430. The number of esters is 1. The molecule has 1 rings (SSSR count). The maximum Gasteiger partial charge on any atom is 0.367 e. The average molecular weight is 241 g/mol. The molecule has 0 N–H and O–H groups in total. The number of rotatable bonds is 1. The first-order chi connectivity index (χ1) is 7.09. The first-order valence-electron chi connectivity index (χ1n) is 5.29. The van der Waals surface area contributed by atoms with Crippen molar-refractivity contribution < 1.29 is 9.53 Å². The molecule has 0 aromatic carbocycles. The summed E-state index contributed by atoms with van der Waals surface area (Å²) < 4.78 is 5.26. The molecule has 0 radical (unpaired) electrons. The Balaban J connectivity index is 2.83. The van der Waals surface area contributed by atoms with E-state index in [2.05, 4.69) is 25.8 Å². The highest BCUT2D eigenvalue weighted by Crippen LogP contribution is 2.24. The first kappa shape index (κ1) is 13.2. The van der Waals surface area contributed by atoms with Crippen LogP contribution in [0.1, 0.15) is 57.0 Å². The maximum atomic E-state index is 11.7. The van der Waals surface area contributed by atoms with Gasteiger partial charge >= 0.3 is 5.97 Å². The van der Waals surface area contributed by atoms with Gasteiger partial charge in [0.25, 0.3) is 0 Å².